The smallest absolute Gasteiger partial charge is 0.271 e. The molecule has 0 fully saturated rings. The van der Waals surface area contributed by atoms with E-state index in [1.54, 1.807) is 12.3 Å². The van der Waals surface area contributed by atoms with Gasteiger partial charge in [0.15, 0.2) is 8.32 Å². The third-order valence-electron chi connectivity index (χ3n) is 4.45. The number of benzene rings is 1. The Labute approximate surface area is 137 Å². The van der Waals surface area contributed by atoms with Crippen molar-refractivity contribution in [1.29, 1.82) is 0 Å². The molecule has 2 aromatic rings. The Morgan fingerprint density at radius 2 is 1.91 bits per heavy atom. The molecule has 1 aromatic heterocycles. The highest BCUT2D eigenvalue weighted by Gasteiger charge is 2.38. The highest BCUT2D eigenvalue weighted by Crippen LogP contribution is 2.39. The first-order valence-corrected chi connectivity index (χ1v) is 10.5. The maximum atomic E-state index is 10.8. The van der Waals surface area contributed by atoms with Crippen molar-refractivity contribution < 1.29 is 9.35 Å². The van der Waals surface area contributed by atoms with Gasteiger partial charge >= 0.3 is 0 Å². The van der Waals surface area contributed by atoms with Gasteiger partial charge in [-0.1, -0.05) is 20.8 Å². The zero-order valence-corrected chi connectivity index (χ0v) is 15.5. The molecule has 124 valence electrons. The average molecular weight is 333 g/mol. The second-order valence-electron chi connectivity index (χ2n) is 7.25. The van der Waals surface area contributed by atoms with E-state index < -0.39 is 13.2 Å². The van der Waals surface area contributed by atoms with Crippen LogP contribution in [0.5, 0.6) is 0 Å². The molecule has 7 heteroatoms. The molecular formula is C16H23N3O3Si. The largest absolute Gasteiger partial charge is 0.409 e. The molecule has 0 aliphatic heterocycles. The molecule has 0 saturated carbocycles. The molecule has 0 saturated heterocycles. The minimum absolute atomic E-state index is 0.0186. The molecule has 2 rings (SSSR count). The summed E-state index contributed by atoms with van der Waals surface area (Å²) in [5.41, 5.74) is 1.92. The molecule has 1 unspecified atom stereocenters. The molecule has 0 aliphatic rings. The molecule has 6 nitrogen and oxygen atoms in total. The van der Waals surface area contributed by atoms with E-state index in [2.05, 4.69) is 43.8 Å². The first-order chi connectivity index (χ1) is 10.5. The fraction of sp³-hybridized carbons (Fsp3) is 0.500. The van der Waals surface area contributed by atoms with Crippen molar-refractivity contribution in [3.8, 4) is 0 Å². The number of nitrogens with zero attached hydrogens (tertiary/aromatic N) is 3. The Balaban J connectivity index is 2.30. The summed E-state index contributed by atoms with van der Waals surface area (Å²) in [7, 11) is -1.90. The van der Waals surface area contributed by atoms with E-state index in [-0.39, 0.29) is 16.8 Å². The van der Waals surface area contributed by atoms with Crippen LogP contribution in [0.4, 0.5) is 5.69 Å². The minimum Gasteiger partial charge on any atom is -0.409 e. The van der Waals surface area contributed by atoms with Crippen molar-refractivity contribution in [1.82, 2.24) is 9.97 Å². The molecule has 1 atom stereocenters. The van der Waals surface area contributed by atoms with Crippen molar-refractivity contribution in [2.75, 3.05) is 0 Å². The van der Waals surface area contributed by atoms with Gasteiger partial charge in [0.1, 0.15) is 0 Å². The molecule has 0 aliphatic carbocycles. The molecule has 1 heterocycles. The van der Waals surface area contributed by atoms with Gasteiger partial charge in [-0.05, 0) is 31.1 Å². The van der Waals surface area contributed by atoms with Crippen LogP contribution in [0.25, 0.3) is 11.0 Å². The van der Waals surface area contributed by atoms with Crippen molar-refractivity contribution >= 4 is 25.0 Å². The lowest BCUT2D eigenvalue weighted by Gasteiger charge is -2.38. The van der Waals surface area contributed by atoms with E-state index in [0.29, 0.717) is 11.0 Å². The van der Waals surface area contributed by atoms with Gasteiger partial charge < -0.3 is 4.43 Å². The van der Waals surface area contributed by atoms with Crippen LogP contribution in [0.15, 0.2) is 24.4 Å². The standard InChI is InChI=1S/C16H23N3O3Si/c1-11(22-23(5,6)16(2,3)4)15-10-17-14-9-12(19(20)21)7-8-13(14)18-15/h7-11H,1-6H3. The molecule has 0 spiro atoms. The summed E-state index contributed by atoms with van der Waals surface area (Å²) in [6, 6.07) is 4.51. The fourth-order valence-corrected chi connectivity index (χ4v) is 3.36. The Hall–Kier alpha value is -1.86. The van der Waals surface area contributed by atoms with Crippen LogP contribution >= 0.6 is 0 Å². The van der Waals surface area contributed by atoms with Crippen LogP contribution in [0.3, 0.4) is 0 Å². The summed E-state index contributed by atoms with van der Waals surface area (Å²) in [6.07, 6.45) is 1.48. The van der Waals surface area contributed by atoms with Gasteiger partial charge in [-0.25, -0.2) is 4.98 Å². The van der Waals surface area contributed by atoms with Crippen molar-refractivity contribution in [3.63, 3.8) is 0 Å². The molecular weight excluding hydrogens is 310 g/mol. The number of rotatable bonds is 4. The average Bonchev–Trinajstić information content (AvgIpc) is 2.44. The molecule has 0 radical (unpaired) electrons. The SMILES string of the molecule is CC(O[Si](C)(C)C(C)(C)C)c1cnc2cc([N+](=O)[O-])ccc2n1. The van der Waals surface area contributed by atoms with E-state index in [9.17, 15) is 10.1 Å². The molecule has 23 heavy (non-hydrogen) atoms. The van der Waals surface area contributed by atoms with Crippen LogP contribution in [0.1, 0.15) is 39.5 Å². The zero-order valence-electron chi connectivity index (χ0n) is 14.5. The van der Waals surface area contributed by atoms with Crippen molar-refractivity contribution in [2.45, 2.75) is 51.9 Å². The Morgan fingerprint density at radius 3 is 2.48 bits per heavy atom. The number of hydrogen-bond acceptors (Lipinski definition) is 5. The van der Waals surface area contributed by atoms with Gasteiger partial charge in [-0.3, -0.25) is 15.1 Å². The summed E-state index contributed by atoms with van der Waals surface area (Å²) in [5.74, 6) is 0. The zero-order chi connectivity index (χ0) is 17.4. The summed E-state index contributed by atoms with van der Waals surface area (Å²) in [4.78, 5) is 19.2. The number of fused-ring (bicyclic) bond motifs is 1. The van der Waals surface area contributed by atoms with Gasteiger partial charge in [0.25, 0.3) is 5.69 Å². The first kappa shape index (κ1) is 17.5. The van der Waals surface area contributed by atoms with E-state index in [1.807, 2.05) is 6.92 Å². The molecule has 0 N–H and O–H groups in total. The Kier molecular flexibility index (Phi) is 4.54. The summed E-state index contributed by atoms with van der Waals surface area (Å²) >= 11 is 0. The van der Waals surface area contributed by atoms with E-state index in [4.69, 9.17) is 4.43 Å². The van der Waals surface area contributed by atoms with E-state index in [0.717, 1.165) is 5.69 Å². The van der Waals surface area contributed by atoms with E-state index >= 15 is 0 Å². The van der Waals surface area contributed by atoms with Gasteiger partial charge in [-0.15, -0.1) is 0 Å². The van der Waals surface area contributed by atoms with Crippen LogP contribution in [0.2, 0.25) is 18.1 Å². The summed E-state index contributed by atoms with van der Waals surface area (Å²) in [6.45, 7) is 12.9. The minimum atomic E-state index is -1.90. The topological polar surface area (TPSA) is 78.2 Å². The lowest BCUT2D eigenvalue weighted by atomic mass is 10.2. The quantitative estimate of drug-likeness (QED) is 0.463. The van der Waals surface area contributed by atoms with Gasteiger partial charge in [-0.2, -0.15) is 0 Å². The number of aromatic nitrogens is 2. The molecule has 1 aromatic carbocycles. The highest BCUT2D eigenvalue weighted by atomic mass is 28.4. The maximum Gasteiger partial charge on any atom is 0.271 e. The van der Waals surface area contributed by atoms with Gasteiger partial charge in [0.2, 0.25) is 0 Å². The Morgan fingerprint density at radius 1 is 1.26 bits per heavy atom. The summed E-state index contributed by atoms with van der Waals surface area (Å²) < 4.78 is 6.33. The second kappa shape index (κ2) is 5.97. The second-order valence-corrected chi connectivity index (χ2v) is 12.0. The van der Waals surface area contributed by atoms with E-state index in [1.165, 1.54) is 12.1 Å². The Bertz CT molecular complexity index is 741. The number of nitro benzene ring substituents is 1. The van der Waals surface area contributed by atoms with Crippen LogP contribution in [0, 0.1) is 10.1 Å². The monoisotopic (exact) mass is 333 g/mol. The van der Waals surface area contributed by atoms with Crippen LogP contribution in [-0.4, -0.2) is 23.2 Å². The summed E-state index contributed by atoms with van der Waals surface area (Å²) in [5, 5.41) is 10.9. The van der Waals surface area contributed by atoms with Crippen molar-refractivity contribution in [3.05, 3.63) is 40.2 Å². The number of hydrogen-bond donors (Lipinski definition) is 0. The normalized spacial score (nSPS) is 14.0. The van der Waals surface area contributed by atoms with Gasteiger partial charge in [0.05, 0.1) is 34.0 Å². The van der Waals surface area contributed by atoms with Crippen molar-refractivity contribution in [2.24, 2.45) is 0 Å². The molecule has 0 amide bonds. The third-order valence-corrected chi connectivity index (χ3v) is 9.00. The third kappa shape index (κ3) is 3.73. The lowest BCUT2D eigenvalue weighted by Crippen LogP contribution is -2.41. The molecule has 0 bridgehead atoms. The van der Waals surface area contributed by atoms with Crippen LogP contribution < -0.4 is 0 Å². The van der Waals surface area contributed by atoms with Gasteiger partial charge in [0, 0.05) is 12.1 Å². The predicted molar refractivity (Wildman–Crippen MR) is 92.9 cm³/mol. The van der Waals surface area contributed by atoms with Crippen LogP contribution in [-0.2, 0) is 4.43 Å². The first-order valence-electron chi connectivity index (χ1n) is 7.60. The fourth-order valence-electron chi connectivity index (χ4n) is 2.00. The lowest BCUT2D eigenvalue weighted by molar-refractivity contribution is -0.384. The maximum absolute atomic E-state index is 10.8. The number of non-ortho nitro benzene ring substituents is 1. The highest BCUT2D eigenvalue weighted by molar-refractivity contribution is 6.74. The predicted octanol–water partition coefficient (Wildman–Crippen LogP) is 4.62. The number of nitro groups is 1.